The van der Waals surface area contributed by atoms with Crippen LogP contribution in [0.4, 0.5) is 0 Å². The number of carbonyl (C=O) groups excluding carboxylic acids is 2. The van der Waals surface area contributed by atoms with E-state index >= 15 is 0 Å². The number of phosphoric ester groups is 1. The highest BCUT2D eigenvalue weighted by Crippen LogP contribution is 2.43. The summed E-state index contributed by atoms with van der Waals surface area (Å²) in [4.78, 5) is 46.0. The summed E-state index contributed by atoms with van der Waals surface area (Å²) in [5.74, 6) is -2.68. The molecule has 0 aliphatic heterocycles. The highest BCUT2D eigenvalue weighted by Gasteiger charge is 2.28. The molecule has 13 nitrogen and oxygen atoms in total. The zero-order valence-corrected chi connectivity index (χ0v) is 37.1. The van der Waals surface area contributed by atoms with Gasteiger partial charge in [0.15, 0.2) is 6.10 Å². The summed E-state index contributed by atoms with van der Waals surface area (Å²) in [5.41, 5.74) is 5.31. The molecule has 0 saturated heterocycles. The molecule has 0 radical (unpaired) electrons. The van der Waals surface area contributed by atoms with Gasteiger partial charge in [-0.2, -0.15) is 0 Å². The number of aliphatic carboxylic acids is 1. The van der Waals surface area contributed by atoms with Crippen LogP contribution in [0.15, 0.2) is 85.1 Å². The van der Waals surface area contributed by atoms with Gasteiger partial charge < -0.3 is 35.4 Å². The van der Waals surface area contributed by atoms with Crippen molar-refractivity contribution in [2.45, 2.75) is 167 Å². The highest BCUT2D eigenvalue weighted by molar-refractivity contribution is 7.47. The summed E-state index contributed by atoms with van der Waals surface area (Å²) in [7, 11) is -4.79. The van der Waals surface area contributed by atoms with Crippen LogP contribution in [0.3, 0.4) is 0 Å². The molecule has 1 unspecified atom stereocenters. The third kappa shape index (κ3) is 38.8. The molecule has 0 fully saturated rings. The molecule has 0 spiro atoms. The van der Waals surface area contributed by atoms with Crippen molar-refractivity contribution in [3.63, 3.8) is 0 Å². The molecular weight excluding hydrogens is 789 g/mol. The minimum atomic E-state index is -4.79. The maximum Gasteiger partial charge on any atom is 0.472 e. The zero-order chi connectivity index (χ0) is 44.5. The number of phosphoric acid groups is 1. The van der Waals surface area contributed by atoms with Crippen molar-refractivity contribution in [3.05, 3.63) is 85.1 Å². The topological polar surface area (TPSA) is 212 Å². The van der Waals surface area contributed by atoms with E-state index in [0.717, 1.165) is 70.6 Å². The lowest BCUT2D eigenvalue weighted by Crippen LogP contribution is -2.34. The number of unbranched alkanes of at least 4 members (excludes halogenated alkanes) is 9. The first-order chi connectivity index (χ1) is 28.9. The maximum absolute atomic E-state index is 12.6. The largest absolute Gasteiger partial charge is 0.480 e. The van der Waals surface area contributed by atoms with Gasteiger partial charge in [-0.25, -0.2) is 4.57 Å². The quantitative estimate of drug-likeness (QED) is 0.0128. The van der Waals surface area contributed by atoms with Gasteiger partial charge in [-0.15, -0.1) is 0 Å². The molecule has 60 heavy (non-hydrogen) atoms. The minimum absolute atomic E-state index is 0.0969. The number of aliphatic hydroxyl groups is 2. The molecule has 6 N–H and O–H groups in total. The van der Waals surface area contributed by atoms with Gasteiger partial charge in [0.2, 0.25) is 0 Å². The van der Waals surface area contributed by atoms with E-state index in [0.29, 0.717) is 12.8 Å². The normalized spacial score (nSPS) is 15.6. The summed E-state index contributed by atoms with van der Waals surface area (Å²) in [5, 5.41) is 29.1. The molecule has 342 valence electrons. The number of ether oxygens (including phenoxy) is 2. The van der Waals surface area contributed by atoms with Gasteiger partial charge in [0.1, 0.15) is 12.6 Å². The second-order valence-electron chi connectivity index (χ2n) is 14.5. The minimum Gasteiger partial charge on any atom is -0.480 e. The molecular formula is C46H76NO12P. The molecule has 5 atom stereocenters. The van der Waals surface area contributed by atoms with E-state index in [1.165, 1.54) is 19.3 Å². The molecule has 0 aromatic heterocycles. The van der Waals surface area contributed by atoms with Crippen molar-refractivity contribution in [1.29, 1.82) is 0 Å². The number of aliphatic hydroxyl groups excluding tert-OH is 2. The van der Waals surface area contributed by atoms with Crippen LogP contribution in [0.25, 0.3) is 0 Å². The van der Waals surface area contributed by atoms with Crippen LogP contribution < -0.4 is 5.73 Å². The maximum atomic E-state index is 12.6. The van der Waals surface area contributed by atoms with Gasteiger partial charge in [-0.1, -0.05) is 144 Å². The predicted molar refractivity (Wildman–Crippen MR) is 238 cm³/mol. The van der Waals surface area contributed by atoms with E-state index in [2.05, 4.69) is 54.8 Å². The fourth-order valence-corrected chi connectivity index (χ4v) is 6.06. The monoisotopic (exact) mass is 866 g/mol. The molecule has 0 heterocycles. The Balaban J connectivity index is 4.66. The van der Waals surface area contributed by atoms with E-state index in [1.807, 2.05) is 24.3 Å². The number of allylic oxidation sites excluding steroid dienone is 12. The zero-order valence-electron chi connectivity index (χ0n) is 36.2. The lowest BCUT2D eigenvalue weighted by atomic mass is 10.1. The molecule has 14 heteroatoms. The van der Waals surface area contributed by atoms with Crippen LogP contribution in [0.2, 0.25) is 0 Å². The standard InChI is InChI=1S/C46H76NO12P/c1-3-5-7-8-9-10-11-12-13-14-15-16-17-18-22-25-29-35-44(50)56-37-42(38-57-60(54,55)58-39-43(47)46(52)53)59-45(51)36-30-34-41(49)33-28-24-21-19-20-23-27-32-40(48)31-26-6-4-2/h9-10,12-13,15-16,20-21,23-24,27-28,32-33,40-43,48-49H,3-8,11,14,17-19,22,25-26,29-31,34-39,47H2,1-2H3,(H,52,53)(H,54,55)/b10-9-,13-12-,16-15-,23-20-,24-21-,32-27+,33-28+/t40-,41-,42-,43+/m1/s1. The lowest BCUT2D eigenvalue weighted by molar-refractivity contribution is -0.161. The lowest BCUT2D eigenvalue weighted by Gasteiger charge is -2.20. The van der Waals surface area contributed by atoms with Crippen molar-refractivity contribution in [2.24, 2.45) is 5.73 Å². The summed E-state index contributed by atoms with van der Waals surface area (Å²) in [6, 6.07) is -1.57. The van der Waals surface area contributed by atoms with Crippen LogP contribution in [0, 0.1) is 0 Å². The van der Waals surface area contributed by atoms with Gasteiger partial charge in [-0.3, -0.25) is 23.4 Å². The number of carboxylic acids is 1. The fourth-order valence-electron chi connectivity index (χ4n) is 5.28. The summed E-state index contributed by atoms with van der Waals surface area (Å²) in [6.45, 7) is 2.40. The molecule has 0 aliphatic carbocycles. The molecule has 0 aromatic rings. The average Bonchev–Trinajstić information content (AvgIpc) is 3.21. The van der Waals surface area contributed by atoms with Gasteiger partial charge in [0.25, 0.3) is 0 Å². The Morgan fingerprint density at radius 1 is 0.600 bits per heavy atom. The van der Waals surface area contributed by atoms with Crippen LogP contribution >= 0.6 is 7.82 Å². The Hall–Kier alpha value is -3.42. The van der Waals surface area contributed by atoms with Crippen molar-refractivity contribution in [1.82, 2.24) is 0 Å². The van der Waals surface area contributed by atoms with Crippen molar-refractivity contribution >= 4 is 25.7 Å². The van der Waals surface area contributed by atoms with Gasteiger partial charge in [0.05, 0.1) is 25.4 Å². The van der Waals surface area contributed by atoms with Gasteiger partial charge in [0, 0.05) is 12.8 Å². The Morgan fingerprint density at radius 2 is 1.10 bits per heavy atom. The van der Waals surface area contributed by atoms with Crippen LogP contribution in [0.1, 0.15) is 142 Å². The van der Waals surface area contributed by atoms with Crippen molar-refractivity contribution in [3.8, 4) is 0 Å². The Kier molecular flexibility index (Phi) is 37.4. The van der Waals surface area contributed by atoms with E-state index in [1.54, 1.807) is 24.3 Å². The smallest absolute Gasteiger partial charge is 0.472 e. The van der Waals surface area contributed by atoms with Crippen LogP contribution in [0.5, 0.6) is 0 Å². The highest BCUT2D eigenvalue weighted by atomic mass is 31.2. The van der Waals surface area contributed by atoms with Gasteiger partial charge in [-0.05, 0) is 70.6 Å². The predicted octanol–water partition coefficient (Wildman–Crippen LogP) is 9.44. The second-order valence-corrected chi connectivity index (χ2v) is 16.0. The third-order valence-electron chi connectivity index (χ3n) is 8.82. The molecule has 0 rings (SSSR count). The molecule has 0 saturated carbocycles. The Bertz CT molecular complexity index is 1370. The van der Waals surface area contributed by atoms with Gasteiger partial charge >= 0.3 is 25.7 Å². The number of rotatable bonds is 39. The number of hydrogen-bond acceptors (Lipinski definition) is 11. The second kappa shape index (κ2) is 39.7. The molecule has 0 aromatic carbocycles. The van der Waals surface area contributed by atoms with Crippen LogP contribution in [-0.2, 0) is 37.5 Å². The Labute approximate surface area is 359 Å². The number of nitrogens with two attached hydrogens (primary N) is 1. The number of carbonyl (C=O) groups is 3. The molecule has 0 aliphatic rings. The summed E-state index contributed by atoms with van der Waals surface area (Å²) >= 11 is 0. The first-order valence-corrected chi connectivity index (χ1v) is 23.3. The first-order valence-electron chi connectivity index (χ1n) is 21.8. The SMILES string of the molecule is CCCCC/C=C\C/C=C\C/C=C\CCCCCCC(=O)OC[C@H](COP(=O)(O)OC[C@H](N)C(=O)O)OC(=O)CCC[C@H](O)/C=C/C=C\C/C=C\C=C\[C@H](O)CCCCC. The van der Waals surface area contributed by atoms with E-state index < -0.39 is 69.9 Å². The van der Waals surface area contributed by atoms with Crippen LogP contribution in [-0.4, -0.2) is 82.3 Å². The van der Waals surface area contributed by atoms with Crippen molar-refractivity contribution in [2.75, 3.05) is 19.8 Å². The third-order valence-corrected chi connectivity index (χ3v) is 9.77. The molecule has 0 amide bonds. The van der Waals surface area contributed by atoms with E-state index in [4.69, 9.17) is 24.8 Å². The summed E-state index contributed by atoms with van der Waals surface area (Å²) in [6.07, 6.45) is 41.4. The summed E-state index contributed by atoms with van der Waals surface area (Å²) < 4.78 is 32.5. The number of carboxylic acid groups (broad SMARTS) is 1. The van der Waals surface area contributed by atoms with Crippen molar-refractivity contribution < 1.29 is 57.7 Å². The Morgan fingerprint density at radius 3 is 1.70 bits per heavy atom. The fraction of sp³-hybridized carbons (Fsp3) is 0.630. The number of hydrogen-bond donors (Lipinski definition) is 5. The molecule has 0 bridgehead atoms. The number of esters is 2. The van der Waals surface area contributed by atoms with E-state index in [-0.39, 0.29) is 25.7 Å². The average molecular weight is 866 g/mol. The van der Waals surface area contributed by atoms with E-state index in [9.17, 15) is 34.1 Å². The first kappa shape index (κ1) is 56.6.